The van der Waals surface area contributed by atoms with Crippen LogP contribution in [0.4, 0.5) is 0 Å². The molecule has 0 bridgehead atoms. The quantitative estimate of drug-likeness (QED) is 0.406. The zero-order valence-corrected chi connectivity index (χ0v) is 6.37. The molecule has 0 fully saturated rings. The first-order valence-corrected chi connectivity index (χ1v) is 3.01. The molecule has 0 aliphatic heterocycles. The van der Waals surface area contributed by atoms with Gasteiger partial charge in [-0.1, -0.05) is 42.8 Å². The Labute approximate surface area is 73.3 Å². The molecule has 0 heterocycles. The maximum atomic E-state index is 10.7. The van der Waals surface area contributed by atoms with Crippen molar-refractivity contribution in [3.05, 3.63) is 35.9 Å². The molecule has 1 rings (SSSR count). The van der Waals surface area contributed by atoms with Crippen molar-refractivity contribution in [1.82, 2.24) is 0 Å². The molecule has 2 heteroatoms. The van der Waals surface area contributed by atoms with Crippen LogP contribution in [0.25, 0.3) is 0 Å². The monoisotopic (exact) mass is 128 g/mol. The summed E-state index contributed by atoms with van der Waals surface area (Å²) >= 11 is 0. The Kier molecular flexibility index (Phi) is 4.47. The fraction of sp³-hybridized carbons (Fsp3) is 0.250. The van der Waals surface area contributed by atoms with Crippen molar-refractivity contribution in [2.45, 2.75) is 13.0 Å². The molecule has 0 spiro atoms. The maximum absolute atomic E-state index is 10.7. The zero-order chi connectivity index (χ0) is 6.69. The van der Waals surface area contributed by atoms with Gasteiger partial charge in [-0.2, -0.15) is 0 Å². The van der Waals surface area contributed by atoms with Crippen LogP contribution in [0.2, 0.25) is 0 Å². The van der Waals surface area contributed by atoms with Gasteiger partial charge in [-0.25, -0.2) is 0 Å². The Morgan fingerprint density at radius 1 is 1.20 bits per heavy atom. The average Bonchev–Trinajstić information content (AvgIpc) is 1.90. The smallest absolute Gasteiger partial charge is 0.849 e. The van der Waals surface area contributed by atoms with Gasteiger partial charge in [-0.05, 0) is 0 Å². The van der Waals surface area contributed by atoms with Gasteiger partial charge in [0.15, 0.2) is 0 Å². The molecule has 1 aromatic carbocycles. The molecule has 0 amide bonds. The van der Waals surface area contributed by atoms with Crippen LogP contribution < -0.4 is 24.0 Å². The minimum atomic E-state index is -0.591. The van der Waals surface area contributed by atoms with Gasteiger partial charge in [-0.15, -0.1) is 6.10 Å². The maximum Gasteiger partial charge on any atom is 1.00 e. The fourth-order valence-corrected chi connectivity index (χ4v) is 0.724. The van der Waals surface area contributed by atoms with Crippen LogP contribution in [0.3, 0.4) is 0 Å². The number of hydrogen-bond donors (Lipinski definition) is 0. The van der Waals surface area contributed by atoms with Gasteiger partial charge in [0.2, 0.25) is 0 Å². The number of benzene rings is 1. The number of hydrogen-bond acceptors (Lipinski definition) is 1. The minimum absolute atomic E-state index is 0. The van der Waals surface area contributed by atoms with Crippen LogP contribution >= 0.6 is 0 Å². The van der Waals surface area contributed by atoms with E-state index in [1.807, 2.05) is 30.3 Å². The van der Waals surface area contributed by atoms with E-state index in [2.05, 4.69) is 0 Å². The molecule has 0 aliphatic rings. The van der Waals surface area contributed by atoms with E-state index in [9.17, 15) is 5.11 Å². The zero-order valence-electron chi connectivity index (χ0n) is 6.37. The Morgan fingerprint density at radius 2 is 1.70 bits per heavy atom. The molecule has 1 nitrogen and oxygen atoms in total. The number of rotatable bonds is 1. The molecule has 10 heavy (non-hydrogen) atoms. The Bertz CT molecular complexity index is 172. The topological polar surface area (TPSA) is 23.1 Å². The average molecular weight is 128 g/mol. The van der Waals surface area contributed by atoms with Gasteiger partial charge in [0.25, 0.3) is 0 Å². The van der Waals surface area contributed by atoms with E-state index in [0.717, 1.165) is 5.56 Å². The summed E-state index contributed by atoms with van der Waals surface area (Å²) in [7, 11) is 0. The first-order valence-electron chi connectivity index (χ1n) is 3.01. The van der Waals surface area contributed by atoms with Crippen LogP contribution in [0.5, 0.6) is 0 Å². The molecule has 0 saturated heterocycles. The first-order chi connectivity index (χ1) is 4.30. The summed E-state index contributed by atoms with van der Waals surface area (Å²) in [6, 6.07) is 9.36. The summed E-state index contributed by atoms with van der Waals surface area (Å²) < 4.78 is 0. The van der Waals surface area contributed by atoms with Crippen LogP contribution in [-0.4, -0.2) is 0 Å². The predicted octanol–water partition coefficient (Wildman–Crippen LogP) is -1.89. The van der Waals surface area contributed by atoms with E-state index in [1.165, 1.54) is 0 Å². The summed E-state index contributed by atoms with van der Waals surface area (Å²) in [5.41, 5.74) is 0.859. The second-order valence-corrected chi connectivity index (χ2v) is 2.05. The van der Waals surface area contributed by atoms with Gasteiger partial charge >= 0.3 is 18.9 Å². The molecule has 1 unspecified atom stereocenters. The molecular formula is C8H9LiO. The molecule has 1 atom stereocenters. The Morgan fingerprint density at radius 3 is 2.00 bits per heavy atom. The first kappa shape index (κ1) is 9.78. The minimum Gasteiger partial charge on any atom is -0.849 e. The predicted molar refractivity (Wildman–Crippen MR) is 34.9 cm³/mol. The Hall–Kier alpha value is -0.223. The van der Waals surface area contributed by atoms with Gasteiger partial charge in [0, 0.05) is 0 Å². The van der Waals surface area contributed by atoms with E-state index in [-0.39, 0.29) is 18.9 Å². The molecule has 0 N–H and O–H groups in total. The van der Waals surface area contributed by atoms with Crippen molar-refractivity contribution >= 4 is 0 Å². The summed E-state index contributed by atoms with van der Waals surface area (Å²) in [6.07, 6.45) is -0.591. The van der Waals surface area contributed by atoms with Crippen molar-refractivity contribution in [2.24, 2.45) is 0 Å². The second kappa shape index (κ2) is 4.57. The van der Waals surface area contributed by atoms with Crippen LogP contribution in [-0.2, 0) is 0 Å². The van der Waals surface area contributed by atoms with Gasteiger partial charge < -0.3 is 5.11 Å². The van der Waals surface area contributed by atoms with Crippen molar-refractivity contribution in [1.29, 1.82) is 0 Å². The SMILES string of the molecule is CC([O-])c1ccccc1.[Li+]. The van der Waals surface area contributed by atoms with Gasteiger partial charge in [0.1, 0.15) is 0 Å². The molecule has 48 valence electrons. The third-order valence-corrected chi connectivity index (χ3v) is 1.27. The van der Waals surface area contributed by atoms with Crippen molar-refractivity contribution in [2.75, 3.05) is 0 Å². The molecule has 0 radical (unpaired) electrons. The molecule has 0 saturated carbocycles. The standard InChI is InChI=1S/C8H9O.Li/c1-7(9)8-5-3-2-4-6-8;/h2-7H,1H3;/q-1;+1. The summed E-state index contributed by atoms with van der Waals surface area (Å²) in [5, 5.41) is 10.7. The molecule has 0 aliphatic carbocycles. The largest absolute Gasteiger partial charge is 1.00 e. The summed E-state index contributed by atoms with van der Waals surface area (Å²) in [4.78, 5) is 0. The van der Waals surface area contributed by atoms with Crippen molar-refractivity contribution in [3.8, 4) is 0 Å². The van der Waals surface area contributed by atoms with Crippen LogP contribution in [0, 0.1) is 0 Å². The Balaban J connectivity index is 0.000000810. The molecule has 1 aromatic rings. The van der Waals surface area contributed by atoms with Gasteiger partial charge in [0.05, 0.1) is 0 Å². The van der Waals surface area contributed by atoms with E-state index >= 15 is 0 Å². The molecular weight excluding hydrogens is 119 g/mol. The second-order valence-electron chi connectivity index (χ2n) is 2.05. The van der Waals surface area contributed by atoms with E-state index in [0.29, 0.717) is 0 Å². The molecule has 0 aromatic heterocycles. The van der Waals surface area contributed by atoms with E-state index < -0.39 is 6.10 Å². The third kappa shape index (κ3) is 2.58. The summed E-state index contributed by atoms with van der Waals surface area (Å²) in [5.74, 6) is 0. The summed E-state index contributed by atoms with van der Waals surface area (Å²) in [6.45, 7) is 1.65. The normalized spacial score (nSPS) is 11.8. The van der Waals surface area contributed by atoms with Crippen molar-refractivity contribution in [3.63, 3.8) is 0 Å². The fourth-order valence-electron chi connectivity index (χ4n) is 0.724. The van der Waals surface area contributed by atoms with Crippen LogP contribution in [0.15, 0.2) is 30.3 Å². The van der Waals surface area contributed by atoms with Crippen molar-refractivity contribution < 1.29 is 24.0 Å². The van der Waals surface area contributed by atoms with Gasteiger partial charge in [-0.3, -0.25) is 0 Å². The van der Waals surface area contributed by atoms with E-state index in [4.69, 9.17) is 0 Å². The third-order valence-electron chi connectivity index (χ3n) is 1.27. The van der Waals surface area contributed by atoms with Crippen LogP contribution in [0.1, 0.15) is 18.6 Å². The van der Waals surface area contributed by atoms with E-state index in [1.54, 1.807) is 6.92 Å².